The molecule has 2 aromatic heterocycles. The fourth-order valence-corrected chi connectivity index (χ4v) is 4.85. The smallest absolute Gasteiger partial charge is 0.122 e. The van der Waals surface area contributed by atoms with Gasteiger partial charge in [0.05, 0.1) is 16.6 Å². The van der Waals surface area contributed by atoms with E-state index in [1.807, 2.05) is 0 Å². The minimum atomic E-state index is 1.12. The SMILES string of the molecule is CBCc1ccc2cccc3c2c1c1cccc2c4ccccc4n3c21. The van der Waals surface area contributed by atoms with Gasteiger partial charge < -0.3 is 4.40 Å². The molecule has 0 aliphatic carbocycles. The zero-order chi connectivity index (χ0) is 17.3. The molecule has 0 fully saturated rings. The maximum absolute atomic E-state index is 2.48. The van der Waals surface area contributed by atoms with Crippen molar-refractivity contribution in [1.29, 1.82) is 0 Å². The minimum Gasteiger partial charge on any atom is -0.308 e. The highest BCUT2D eigenvalue weighted by atomic mass is 14.9. The van der Waals surface area contributed by atoms with Crippen molar-refractivity contribution >= 4 is 56.1 Å². The molecule has 0 amide bonds. The van der Waals surface area contributed by atoms with Crippen LogP contribution in [0.5, 0.6) is 0 Å². The fraction of sp³-hybridized carbons (Fsp3) is 0.0833. The van der Waals surface area contributed by atoms with Gasteiger partial charge in [-0.2, -0.15) is 0 Å². The quantitative estimate of drug-likeness (QED) is 0.209. The van der Waals surface area contributed by atoms with E-state index in [0.717, 1.165) is 6.32 Å². The van der Waals surface area contributed by atoms with Crippen LogP contribution in [0.2, 0.25) is 6.82 Å². The van der Waals surface area contributed by atoms with E-state index in [-0.39, 0.29) is 0 Å². The Bertz CT molecular complexity index is 1440. The summed E-state index contributed by atoms with van der Waals surface area (Å²) in [7, 11) is 1.17. The van der Waals surface area contributed by atoms with Gasteiger partial charge in [0.2, 0.25) is 0 Å². The fourth-order valence-electron chi connectivity index (χ4n) is 4.85. The lowest BCUT2D eigenvalue weighted by Gasteiger charge is -2.16. The van der Waals surface area contributed by atoms with Crippen molar-refractivity contribution in [2.75, 3.05) is 0 Å². The Labute approximate surface area is 152 Å². The summed E-state index contributed by atoms with van der Waals surface area (Å²) in [5.74, 6) is 0. The molecule has 0 saturated carbocycles. The Morgan fingerprint density at radius 2 is 1.46 bits per heavy atom. The third-order valence-electron chi connectivity index (χ3n) is 5.83. The summed E-state index contributed by atoms with van der Waals surface area (Å²) in [5, 5.41) is 8.25. The minimum absolute atomic E-state index is 1.12. The number of hydrogen-bond donors (Lipinski definition) is 0. The predicted molar refractivity (Wildman–Crippen MR) is 115 cm³/mol. The number of fused-ring (bicyclic) bond motifs is 5. The molecule has 2 heteroatoms. The summed E-state index contributed by atoms with van der Waals surface area (Å²) in [6.45, 7) is 2.27. The highest BCUT2D eigenvalue weighted by Crippen LogP contribution is 2.41. The topological polar surface area (TPSA) is 4.41 Å². The summed E-state index contributed by atoms with van der Waals surface area (Å²) in [4.78, 5) is 0. The maximum atomic E-state index is 2.48. The van der Waals surface area contributed by atoms with Crippen molar-refractivity contribution in [1.82, 2.24) is 4.40 Å². The van der Waals surface area contributed by atoms with Crippen LogP contribution in [-0.4, -0.2) is 11.7 Å². The average Bonchev–Trinajstić information content (AvgIpc) is 3.03. The maximum Gasteiger partial charge on any atom is 0.122 e. The predicted octanol–water partition coefficient (Wildman–Crippen LogP) is 5.97. The van der Waals surface area contributed by atoms with Gasteiger partial charge in [-0.05, 0) is 28.5 Å². The molecule has 0 unspecified atom stereocenters. The van der Waals surface area contributed by atoms with Gasteiger partial charge in [0.25, 0.3) is 0 Å². The number of nitrogens with zero attached hydrogens (tertiary/aromatic N) is 1. The normalized spacial score (nSPS) is 12.2. The molecule has 1 nitrogen and oxygen atoms in total. The highest BCUT2D eigenvalue weighted by Gasteiger charge is 2.18. The molecule has 0 N–H and O–H groups in total. The van der Waals surface area contributed by atoms with E-state index in [0.29, 0.717) is 0 Å². The highest BCUT2D eigenvalue weighted by molar-refractivity contribution is 6.35. The molecule has 0 atom stereocenters. The second kappa shape index (κ2) is 5.01. The van der Waals surface area contributed by atoms with Crippen LogP contribution in [0.3, 0.4) is 0 Å². The van der Waals surface area contributed by atoms with Crippen molar-refractivity contribution in [3.05, 3.63) is 78.4 Å². The largest absolute Gasteiger partial charge is 0.308 e. The van der Waals surface area contributed by atoms with Crippen LogP contribution in [0.1, 0.15) is 5.56 Å². The molecule has 6 aromatic rings. The van der Waals surface area contributed by atoms with Gasteiger partial charge in [-0.15, -0.1) is 0 Å². The van der Waals surface area contributed by atoms with Gasteiger partial charge in [0, 0.05) is 21.5 Å². The van der Waals surface area contributed by atoms with Crippen LogP contribution in [0, 0.1) is 0 Å². The van der Waals surface area contributed by atoms with E-state index >= 15 is 0 Å². The molecule has 0 saturated heterocycles. The summed E-state index contributed by atoms with van der Waals surface area (Å²) < 4.78 is 2.48. The van der Waals surface area contributed by atoms with Gasteiger partial charge in [-0.1, -0.05) is 73.8 Å². The standard InChI is InChI=1S/C24H18BN/c1-25-14-16-13-12-15-6-4-11-21-23(15)22(16)19-9-5-8-18-17-7-2-3-10-20(17)26(21)24(18)19/h2-13,25H,14H2,1H3. The van der Waals surface area contributed by atoms with Gasteiger partial charge in [0.15, 0.2) is 0 Å². The van der Waals surface area contributed by atoms with Crippen LogP contribution in [0.15, 0.2) is 72.8 Å². The summed E-state index contributed by atoms with van der Waals surface area (Å²) in [6.07, 6.45) is 1.12. The zero-order valence-electron chi connectivity index (χ0n) is 14.8. The molecule has 2 heterocycles. The molecule has 4 aromatic carbocycles. The first-order valence-electron chi connectivity index (χ1n) is 9.46. The lowest BCUT2D eigenvalue weighted by molar-refractivity contribution is 1.34. The molecule has 0 radical (unpaired) electrons. The van der Waals surface area contributed by atoms with Crippen LogP contribution in [0.25, 0.3) is 48.9 Å². The molecule has 122 valence electrons. The van der Waals surface area contributed by atoms with Gasteiger partial charge >= 0.3 is 0 Å². The number of hydrogen-bond acceptors (Lipinski definition) is 0. The molecule has 6 rings (SSSR count). The van der Waals surface area contributed by atoms with Crippen LogP contribution in [0.4, 0.5) is 0 Å². The Kier molecular flexibility index (Phi) is 2.74. The van der Waals surface area contributed by atoms with Crippen LogP contribution >= 0.6 is 0 Å². The molecule has 0 bridgehead atoms. The van der Waals surface area contributed by atoms with E-state index in [9.17, 15) is 0 Å². The lowest BCUT2D eigenvalue weighted by atomic mass is 9.73. The van der Waals surface area contributed by atoms with Crippen molar-refractivity contribution in [3.8, 4) is 0 Å². The molecule has 0 aliphatic rings. The van der Waals surface area contributed by atoms with E-state index in [1.165, 1.54) is 61.7 Å². The molecule has 26 heavy (non-hydrogen) atoms. The monoisotopic (exact) mass is 331 g/mol. The number of benzene rings is 4. The molecular weight excluding hydrogens is 313 g/mol. The molecule has 0 spiro atoms. The Balaban J connectivity index is 2.06. The number of aromatic nitrogens is 1. The van der Waals surface area contributed by atoms with Crippen molar-refractivity contribution in [3.63, 3.8) is 0 Å². The molecular formula is C24H18BN. The Morgan fingerprint density at radius 1 is 0.692 bits per heavy atom. The first-order chi connectivity index (χ1) is 12.9. The lowest BCUT2D eigenvalue weighted by Crippen LogP contribution is -1.98. The third-order valence-corrected chi connectivity index (χ3v) is 5.83. The van der Waals surface area contributed by atoms with Gasteiger partial charge in [-0.25, -0.2) is 0 Å². The number of para-hydroxylation sites is 2. The van der Waals surface area contributed by atoms with E-state index in [2.05, 4.69) is 84.0 Å². The van der Waals surface area contributed by atoms with Crippen molar-refractivity contribution < 1.29 is 0 Å². The summed E-state index contributed by atoms with van der Waals surface area (Å²) >= 11 is 0. The number of rotatable bonds is 2. The average molecular weight is 331 g/mol. The zero-order valence-corrected chi connectivity index (χ0v) is 14.8. The Hall–Kier alpha value is -3.00. The summed E-state index contributed by atoms with van der Waals surface area (Å²) in [6, 6.07) is 26.9. The molecule has 0 aliphatic heterocycles. The van der Waals surface area contributed by atoms with E-state index in [1.54, 1.807) is 0 Å². The van der Waals surface area contributed by atoms with Crippen LogP contribution in [-0.2, 0) is 6.32 Å². The Morgan fingerprint density at radius 3 is 2.38 bits per heavy atom. The second-order valence-corrected chi connectivity index (χ2v) is 7.28. The second-order valence-electron chi connectivity index (χ2n) is 7.28. The first-order valence-corrected chi connectivity index (χ1v) is 9.46. The number of pyridine rings is 1. The van der Waals surface area contributed by atoms with Crippen molar-refractivity contribution in [2.24, 2.45) is 0 Å². The first kappa shape index (κ1) is 14.2. The van der Waals surface area contributed by atoms with E-state index < -0.39 is 0 Å². The van der Waals surface area contributed by atoms with Gasteiger partial charge in [0.1, 0.15) is 7.28 Å². The van der Waals surface area contributed by atoms with Gasteiger partial charge in [-0.3, -0.25) is 0 Å². The van der Waals surface area contributed by atoms with E-state index in [4.69, 9.17) is 0 Å². The van der Waals surface area contributed by atoms with Crippen LogP contribution < -0.4 is 0 Å². The summed E-state index contributed by atoms with van der Waals surface area (Å²) in [5.41, 5.74) is 5.45. The third kappa shape index (κ3) is 1.62. The van der Waals surface area contributed by atoms with Crippen molar-refractivity contribution in [2.45, 2.75) is 13.1 Å².